The molecule has 1 fully saturated rings. The Morgan fingerprint density at radius 1 is 1.32 bits per heavy atom. The molecule has 22 heavy (non-hydrogen) atoms. The van der Waals surface area contributed by atoms with Gasteiger partial charge in [0, 0.05) is 32.6 Å². The van der Waals surface area contributed by atoms with Gasteiger partial charge in [-0.1, -0.05) is 37.3 Å². The van der Waals surface area contributed by atoms with Crippen molar-refractivity contribution in [3.63, 3.8) is 0 Å². The summed E-state index contributed by atoms with van der Waals surface area (Å²) in [7, 11) is 0. The Balaban J connectivity index is 1.99. The molecule has 1 aliphatic heterocycles. The molecule has 0 radical (unpaired) electrons. The van der Waals surface area contributed by atoms with Crippen LogP contribution < -0.4 is 0 Å². The lowest BCUT2D eigenvalue weighted by molar-refractivity contribution is -0.136. The summed E-state index contributed by atoms with van der Waals surface area (Å²) < 4.78 is 0. The van der Waals surface area contributed by atoms with Crippen LogP contribution in [-0.2, 0) is 16.1 Å². The van der Waals surface area contributed by atoms with E-state index in [-0.39, 0.29) is 24.3 Å². The van der Waals surface area contributed by atoms with Crippen LogP contribution in [-0.4, -0.2) is 53.0 Å². The Morgan fingerprint density at radius 3 is 2.68 bits per heavy atom. The number of carbonyl (C=O) groups excluding carboxylic acids is 2. The Bertz CT molecular complexity index is 504. The van der Waals surface area contributed by atoms with E-state index in [9.17, 15) is 14.7 Å². The number of aliphatic hydroxyl groups is 1. The summed E-state index contributed by atoms with van der Waals surface area (Å²) in [4.78, 5) is 27.9. The molecule has 1 saturated heterocycles. The van der Waals surface area contributed by atoms with Crippen molar-refractivity contribution in [2.24, 2.45) is 5.92 Å². The predicted molar refractivity (Wildman–Crippen MR) is 83.9 cm³/mol. The summed E-state index contributed by atoms with van der Waals surface area (Å²) >= 11 is 0. The molecular formula is C17H24N2O3. The standard InChI is InChI=1S/C17H24N2O3/c1-2-16(21)18-9-8-15(13-18)17(22)19(10-11-20)12-14-6-4-3-5-7-14/h3-7,15,20H,2,8-13H2,1H3. The third kappa shape index (κ3) is 4.07. The van der Waals surface area contributed by atoms with Crippen molar-refractivity contribution in [2.75, 3.05) is 26.2 Å². The maximum atomic E-state index is 12.7. The molecule has 1 heterocycles. The summed E-state index contributed by atoms with van der Waals surface area (Å²) in [5.41, 5.74) is 1.05. The Labute approximate surface area is 131 Å². The molecule has 0 aromatic heterocycles. The average Bonchev–Trinajstić information content (AvgIpc) is 3.04. The average molecular weight is 304 g/mol. The number of hydrogen-bond acceptors (Lipinski definition) is 3. The van der Waals surface area contributed by atoms with Gasteiger partial charge in [-0.3, -0.25) is 9.59 Å². The largest absolute Gasteiger partial charge is 0.395 e. The second kappa shape index (κ2) is 7.94. The molecular weight excluding hydrogens is 280 g/mol. The third-order valence-corrected chi connectivity index (χ3v) is 4.09. The van der Waals surface area contributed by atoms with E-state index in [4.69, 9.17) is 0 Å². The number of benzene rings is 1. The molecule has 0 aliphatic carbocycles. The van der Waals surface area contributed by atoms with Crippen molar-refractivity contribution in [1.82, 2.24) is 9.80 Å². The van der Waals surface area contributed by atoms with Gasteiger partial charge < -0.3 is 14.9 Å². The van der Waals surface area contributed by atoms with Gasteiger partial charge in [0.15, 0.2) is 0 Å². The minimum absolute atomic E-state index is 0.0318. The van der Waals surface area contributed by atoms with Gasteiger partial charge in [-0.25, -0.2) is 0 Å². The van der Waals surface area contributed by atoms with Crippen LogP contribution in [0.15, 0.2) is 30.3 Å². The fourth-order valence-corrected chi connectivity index (χ4v) is 2.86. The Kier molecular flexibility index (Phi) is 5.95. The van der Waals surface area contributed by atoms with Crippen LogP contribution >= 0.6 is 0 Å². The first-order valence-electron chi connectivity index (χ1n) is 7.87. The van der Waals surface area contributed by atoms with E-state index in [1.54, 1.807) is 9.80 Å². The molecule has 2 rings (SSSR count). The molecule has 0 spiro atoms. The smallest absolute Gasteiger partial charge is 0.227 e. The molecule has 1 aliphatic rings. The first kappa shape index (κ1) is 16.5. The SMILES string of the molecule is CCC(=O)N1CCC(C(=O)N(CCO)Cc2ccccc2)C1. The van der Waals surface area contributed by atoms with Crippen molar-refractivity contribution in [2.45, 2.75) is 26.3 Å². The zero-order valence-electron chi connectivity index (χ0n) is 13.1. The Morgan fingerprint density at radius 2 is 2.05 bits per heavy atom. The number of aliphatic hydroxyl groups excluding tert-OH is 1. The fraction of sp³-hybridized carbons (Fsp3) is 0.529. The van der Waals surface area contributed by atoms with Crippen LogP contribution in [0.5, 0.6) is 0 Å². The highest BCUT2D eigenvalue weighted by atomic mass is 16.3. The van der Waals surface area contributed by atoms with Crippen molar-refractivity contribution in [3.05, 3.63) is 35.9 Å². The van der Waals surface area contributed by atoms with Crippen LogP contribution in [0.3, 0.4) is 0 Å². The second-order valence-electron chi connectivity index (χ2n) is 5.65. The minimum atomic E-state index is -0.147. The molecule has 1 aromatic carbocycles. The number of nitrogens with zero attached hydrogens (tertiary/aromatic N) is 2. The number of likely N-dealkylation sites (tertiary alicyclic amines) is 1. The van der Waals surface area contributed by atoms with Gasteiger partial charge >= 0.3 is 0 Å². The molecule has 0 bridgehead atoms. The first-order valence-corrected chi connectivity index (χ1v) is 7.87. The summed E-state index contributed by atoms with van der Waals surface area (Å²) in [6, 6.07) is 9.76. The molecule has 1 unspecified atom stereocenters. The molecule has 2 amide bonds. The van der Waals surface area contributed by atoms with E-state index in [2.05, 4.69) is 0 Å². The topological polar surface area (TPSA) is 60.9 Å². The van der Waals surface area contributed by atoms with Gasteiger partial charge in [0.2, 0.25) is 11.8 Å². The highest BCUT2D eigenvalue weighted by Crippen LogP contribution is 2.20. The van der Waals surface area contributed by atoms with E-state index >= 15 is 0 Å². The van der Waals surface area contributed by atoms with Gasteiger partial charge in [-0.05, 0) is 12.0 Å². The van der Waals surface area contributed by atoms with Gasteiger partial charge in [0.1, 0.15) is 0 Å². The maximum Gasteiger partial charge on any atom is 0.227 e. The lowest BCUT2D eigenvalue weighted by Crippen LogP contribution is -2.39. The maximum absolute atomic E-state index is 12.7. The summed E-state index contributed by atoms with van der Waals surface area (Å²) in [5.74, 6) is -0.0119. The normalized spacial score (nSPS) is 17.5. The van der Waals surface area contributed by atoms with Gasteiger partial charge in [-0.15, -0.1) is 0 Å². The highest BCUT2D eigenvalue weighted by Gasteiger charge is 2.32. The minimum Gasteiger partial charge on any atom is -0.395 e. The molecule has 5 nitrogen and oxygen atoms in total. The summed E-state index contributed by atoms with van der Waals surface area (Å²) in [6.45, 7) is 3.77. The van der Waals surface area contributed by atoms with Crippen LogP contribution in [0.2, 0.25) is 0 Å². The molecule has 1 atom stereocenters. The van der Waals surface area contributed by atoms with Crippen LogP contribution in [0.1, 0.15) is 25.3 Å². The van der Waals surface area contributed by atoms with E-state index in [1.807, 2.05) is 37.3 Å². The number of amides is 2. The van der Waals surface area contributed by atoms with Crippen molar-refractivity contribution < 1.29 is 14.7 Å². The lowest BCUT2D eigenvalue weighted by atomic mass is 10.1. The highest BCUT2D eigenvalue weighted by molar-refractivity contribution is 5.82. The predicted octanol–water partition coefficient (Wildman–Crippen LogP) is 1.27. The molecule has 120 valence electrons. The summed E-state index contributed by atoms with van der Waals surface area (Å²) in [5, 5.41) is 9.23. The first-order chi connectivity index (χ1) is 10.7. The quantitative estimate of drug-likeness (QED) is 0.861. The molecule has 5 heteroatoms. The van der Waals surface area contributed by atoms with Gasteiger partial charge in [0.05, 0.1) is 12.5 Å². The van der Waals surface area contributed by atoms with E-state index in [0.717, 1.165) is 5.56 Å². The van der Waals surface area contributed by atoms with Crippen LogP contribution in [0, 0.1) is 5.92 Å². The van der Waals surface area contributed by atoms with Crippen molar-refractivity contribution in [3.8, 4) is 0 Å². The fourth-order valence-electron chi connectivity index (χ4n) is 2.86. The number of rotatable bonds is 6. The third-order valence-electron chi connectivity index (χ3n) is 4.09. The number of hydrogen-bond donors (Lipinski definition) is 1. The van der Waals surface area contributed by atoms with Gasteiger partial charge in [-0.2, -0.15) is 0 Å². The van der Waals surface area contributed by atoms with Crippen LogP contribution in [0.25, 0.3) is 0 Å². The monoisotopic (exact) mass is 304 g/mol. The van der Waals surface area contributed by atoms with E-state index in [1.165, 1.54) is 0 Å². The van der Waals surface area contributed by atoms with E-state index in [0.29, 0.717) is 39.0 Å². The summed E-state index contributed by atoms with van der Waals surface area (Å²) in [6.07, 6.45) is 1.19. The van der Waals surface area contributed by atoms with Crippen LogP contribution in [0.4, 0.5) is 0 Å². The van der Waals surface area contributed by atoms with Crippen molar-refractivity contribution in [1.29, 1.82) is 0 Å². The molecule has 0 saturated carbocycles. The lowest BCUT2D eigenvalue weighted by Gasteiger charge is -2.25. The zero-order valence-corrected chi connectivity index (χ0v) is 13.1. The zero-order chi connectivity index (χ0) is 15.9. The Hall–Kier alpha value is -1.88. The number of carbonyl (C=O) groups is 2. The van der Waals surface area contributed by atoms with E-state index < -0.39 is 0 Å². The molecule has 1 aromatic rings. The van der Waals surface area contributed by atoms with Gasteiger partial charge in [0.25, 0.3) is 0 Å². The van der Waals surface area contributed by atoms with Crippen molar-refractivity contribution >= 4 is 11.8 Å². The molecule has 1 N–H and O–H groups in total. The second-order valence-corrected chi connectivity index (χ2v) is 5.65.